The maximum atomic E-state index is 4.89. The van der Waals surface area contributed by atoms with Crippen molar-refractivity contribution in [3.63, 3.8) is 0 Å². The van der Waals surface area contributed by atoms with Crippen molar-refractivity contribution in [3.8, 4) is 5.69 Å². The van der Waals surface area contributed by atoms with Gasteiger partial charge in [0.2, 0.25) is 0 Å². The van der Waals surface area contributed by atoms with E-state index < -0.39 is 0 Å². The number of tetrazole rings is 1. The Labute approximate surface area is 93.2 Å². The van der Waals surface area contributed by atoms with Crippen molar-refractivity contribution in [2.24, 2.45) is 0 Å². The molecule has 16 heavy (non-hydrogen) atoms. The van der Waals surface area contributed by atoms with E-state index in [1.54, 1.807) is 18.1 Å². The summed E-state index contributed by atoms with van der Waals surface area (Å²) in [6.45, 7) is 2.02. The molecule has 84 valence electrons. The van der Waals surface area contributed by atoms with Crippen molar-refractivity contribution in [2.45, 2.75) is 13.0 Å². The molecule has 0 fully saturated rings. The number of rotatable bonds is 4. The number of benzene rings is 1. The van der Waals surface area contributed by atoms with Crippen molar-refractivity contribution in [2.75, 3.05) is 7.11 Å². The van der Waals surface area contributed by atoms with Gasteiger partial charge >= 0.3 is 0 Å². The van der Waals surface area contributed by atoms with Crippen molar-refractivity contribution in [3.05, 3.63) is 36.2 Å². The van der Waals surface area contributed by atoms with Crippen LogP contribution < -0.4 is 5.48 Å². The van der Waals surface area contributed by atoms with Crippen LogP contribution in [0.5, 0.6) is 0 Å². The van der Waals surface area contributed by atoms with E-state index in [2.05, 4.69) is 21.0 Å². The van der Waals surface area contributed by atoms with Crippen LogP contribution in [0, 0.1) is 0 Å². The van der Waals surface area contributed by atoms with Crippen LogP contribution in [0.25, 0.3) is 5.69 Å². The molecule has 0 aliphatic carbocycles. The standard InChI is InChI=1S/C10H13N5O/c1-8(12-16-2)9-4-3-5-10(6-9)15-7-11-13-14-15/h3-8,12H,1-2H3. The molecule has 0 aliphatic rings. The predicted octanol–water partition coefficient (Wildman–Crippen LogP) is 0.874. The van der Waals surface area contributed by atoms with Gasteiger partial charge in [0.05, 0.1) is 18.8 Å². The Hall–Kier alpha value is -1.79. The molecule has 1 atom stereocenters. The van der Waals surface area contributed by atoms with Gasteiger partial charge < -0.3 is 4.84 Å². The summed E-state index contributed by atoms with van der Waals surface area (Å²) in [5, 5.41) is 11.0. The van der Waals surface area contributed by atoms with Crippen molar-refractivity contribution < 1.29 is 4.84 Å². The van der Waals surface area contributed by atoms with Crippen LogP contribution in [0.1, 0.15) is 18.5 Å². The van der Waals surface area contributed by atoms with Gasteiger partial charge in [0.25, 0.3) is 0 Å². The summed E-state index contributed by atoms with van der Waals surface area (Å²) in [6.07, 6.45) is 1.56. The van der Waals surface area contributed by atoms with Gasteiger partial charge in [-0.1, -0.05) is 12.1 Å². The molecular formula is C10H13N5O. The van der Waals surface area contributed by atoms with E-state index in [1.807, 2.05) is 31.2 Å². The first-order chi connectivity index (χ1) is 7.81. The van der Waals surface area contributed by atoms with Crippen LogP contribution in [0.4, 0.5) is 0 Å². The van der Waals surface area contributed by atoms with E-state index in [1.165, 1.54) is 0 Å². The molecule has 1 aromatic heterocycles. The van der Waals surface area contributed by atoms with Gasteiger partial charge in [-0.3, -0.25) is 0 Å². The van der Waals surface area contributed by atoms with Gasteiger partial charge in [-0.15, -0.1) is 5.10 Å². The van der Waals surface area contributed by atoms with Gasteiger partial charge in [0.15, 0.2) is 0 Å². The molecule has 2 aromatic rings. The zero-order valence-electron chi connectivity index (χ0n) is 9.16. The molecule has 2 rings (SSSR count). The maximum absolute atomic E-state index is 4.89. The summed E-state index contributed by atoms with van der Waals surface area (Å²) in [5.41, 5.74) is 4.90. The Morgan fingerprint density at radius 2 is 2.31 bits per heavy atom. The zero-order chi connectivity index (χ0) is 11.4. The third-order valence-corrected chi connectivity index (χ3v) is 2.28. The summed E-state index contributed by atoms with van der Waals surface area (Å²) in [4.78, 5) is 4.89. The molecule has 0 aliphatic heterocycles. The first kappa shape index (κ1) is 10.7. The number of hydroxylamine groups is 1. The Kier molecular flexibility index (Phi) is 3.23. The minimum absolute atomic E-state index is 0.112. The molecule has 6 heteroatoms. The number of hydrogen-bond donors (Lipinski definition) is 1. The predicted molar refractivity (Wildman–Crippen MR) is 57.7 cm³/mol. The highest BCUT2D eigenvalue weighted by Gasteiger charge is 2.06. The molecule has 0 spiro atoms. The lowest BCUT2D eigenvalue weighted by Gasteiger charge is -2.12. The van der Waals surface area contributed by atoms with Crippen LogP contribution in [-0.2, 0) is 4.84 Å². The molecule has 0 saturated carbocycles. The van der Waals surface area contributed by atoms with E-state index in [0.29, 0.717) is 0 Å². The molecular weight excluding hydrogens is 206 g/mol. The quantitative estimate of drug-likeness (QED) is 0.773. The van der Waals surface area contributed by atoms with Crippen LogP contribution in [0.3, 0.4) is 0 Å². The first-order valence-electron chi connectivity index (χ1n) is 4.93. The first-order valence-corrected chi connectivity index (χ1v) is 4.93. The van der Waals surface area contributed by atoms with Gasteiger partial charge in [-0.25, -0.2) is 4.68 Å². The normalized spacial score (nSPS) is 12.6. The largest absolute Gasteiger partial charge is 0.305 e. The summed E-state index contributed by atoms with van der Waals surface area (Å²) < 4.78 is 1.61. The second-order valence-electron chi connectivity index (χ2n) is 3.39. The molecule has 6 nitrogen and oxygen atoms in total. The number of nitrogens with one attached hydrogen (secondary N) is 1. The third kappa shape index (κ3) is 2.23. The Morgan fingerprint density at radius 3 is 3.00 bits per heavy atom. The molecule has 0 saturated heterocycles. The van der Waals surface area contributed by atoms with Gasteiger partial charge in [0, 0.05) is 0 Å². The lowest BCUT2D eigenvalue weighted by atomic mass is 10.1. The van der Waals surface area contributed by atoms with E-state index in [0.717, 1.165) is 11.3 Å². The number of hydrogen-bond acceptors (Lipinski definition) is 5. The van der Waals surface area contributed by atoms with E-state index >= 15 is 0 Å². The fourth-order valence-corrected chi connectivity index (χ4v) is 1.46. The molecule has 1 aromatic carbocycles. The highest BCUT2D eigenvalue weighted by atomic mass is 16.6. The molecule has 1 N–H and O–H groups in total. The third-order valence-electron chi connectivity index (χ3n) is 2.28. The van der Waals surface area contributed by atoms with Crippen molar-refractivity contribution >= 4 is 0 Å². The van der Waals surface area contributed by atoms with Crippen molar-refractivity contribution in [1.29, 1.82) is 0 Å². The number of nitrogens with zero attached hydrogens (tertiary/aromatic N) is 4. The van der Waals surface area contributed by atoms with Crippen molar-refractivity contribution in [1.82, 2.24) is 25.7 Å². The number of aromatic nitrogens is 4. The summed E-state index contributed by atoms with van der Waals surface area (Å²) in [6, 6.07) is 8.04. The highest BCUT2D eigenvalue weighted by Crippen LogP contribution is 2.15. The van der Waals surface area contributed by atoms with E-state index in [4.69, 9.17) is 4.84 Å². The average Bonchev–Trinajstić information content (AvgIpc) is 2.83. The van der Waals surface area contributed by atoms with E-state index in [9.17, 15) is 0 Å². The van der Waals surface area contributed by atoms with E-state index in [-0.39, 0.29) is 6.04 Å². The summed E-state index contributed by atoms with van der Waals surface area (Å²) >= 11 is 0. The highest BCUT2D eigenvalue weighted by molar-refractivity contribution is 5.35. The molecule has 0 amide bonds. The topological polar surface area (TPSA) is 64.9 Å². The summed E-state index contributed by atoms with van der Waals surface area (Å²) in [7, 11) is 1.60. The lowest BCUT2D eigenvalue weighted by molar-refractivity contribution is 0.0659. The molecule has 1 unspecified atom stereocenters. The molecule has 0 radical (unpaired) electrons. The SMILES string of the molecule is CONC(C)c1cccc(-n2cnnn2)c1. The molecule has 1 heterocycles. The Morgan fingerprint density at radius 1 is 1.44 bits per heavy atom. The fraction of sp³-hybridized carbons (Fsp3) is 0.300. The minimum atomic E-state index is 0.112. The zero-order valence-corrected chi connectivity index (χ0v) is 9.16. The van der Waals surface area contributed by atoms with Crippen LogP contribution in [0.2, 0.25) is 0 Å². The van der Waals surface area contributed by atoms with Gasteiger partial charge in [-0.05, 0) is 35.0 Å². The Bertz CT molecular complexity index is 442. The van der Waals surface area contributed by atoms with Crippen LogP contribution >= 0.6 is 0 Å². The Balaban J connectivity index is 2.26. The van der Waals surface area contributed by atoms with Gasteiger partial charge in [-0.2, -0.15) is 5.48 Å². The van der Waals surface area contributed by atoms with Gasteiger partial charge in [0.1, 0.15) is 6.33 Å². The summed E-state index contributed by atoms with van der Waals surface area (Å²) in [5.74, 6) is 0. The second-order valence-corrected chi connectivity index (χ2v) is 3.39. The molecule has 0 bridgehead atoms. The monoisotopic (exact) mass is 219 g/mol. The van der Waals surface area contributed by atoms with Crippen LogP contribution in [0.15, 0.2) is 30.6 Å². The fourth-order valence-electron chi connectivity index (χ4n) is 1.46. The van der Waals surface area contributed by atoms with Crippen LogP contribution in [-0.4, -0.2) is 27.3 Å². The lowest BCUT2D eigenvalue weighted by Crippen LogP contribution is -2.16. The minimum Gasteiger partial charge on any atom is -0.305 e. The maximum Gasteiger partial charge on any atom is 0.143 e. The smallest absolute Gasteiger partial charge is 0.143 e. The second kappa shape index (κ2) is 4.82. The average molecular weight is 219 g/mol.